The third kappa shape index (κ3) is 3.75. The molecule has 1 aliphatic rings. The van der Waals surface area contributed by atoms with Gasteiger partial charge in [-0.2, -0.15) is 0 Å². The molecular weight excluding hydrogens is 368 g/mol. The quantitative estimate of drug-likeness (QED) is 0.365. The molecule has 4 rings (SSSR count). The van der Waals surface area contributed by atoms with Crippen molar-refractivity contribution in [2.24, 2.45) is 0 Å². The van der Waals surface area contributed by atoms with Gasteiger partial charge in [-0.05, 0) is 54.5 Å². The van der Waals surface area contributed by atoms with Crippen molar-refractivity contribution >= 4 is 17.8 Å². The highest BCUT2D eigenvalue weighted by Gasteiger charge is 2.28. The van der Waals surface area contributed by atoms with E-state index in [0.29, 0.717) is 28.4 Å². The van der Waals surface area contributed by atoms with Crippen molar-refractivity contribution in [2.75, 3.05) is 7.11 Å². The summed E-state index contributed by atoms with van der Waals surface area (Å²) in [6.45, 7) is 1.97. The van der Waals surface area contributed by atoms with Crippen LogP contribution < -0.4 is 14.2 Å². The Bertz CT molecular complexity index is 1140. The van der Waals surface area contributed by atoms with E-state index in [-0.39, 0.29) is 11.5 Å². The van der Waals surface area contributed by atoms with Crippen molar-refractivity contribution in [2.45, 2.75) is 6.92 Å². The zero-order chi connectivity index (χ0) is 20.4. The maximum Gasteiger partial charge on any atom is 0.343 e. The van der Waals surface area contributed by atoms with Crippen LogP contribution in [-0.2, 0) is 0 Å². The molecule has 1 heterocycles. The Balaban J connectivity index is 1.56. The smallest absolute Gasteiger partial charge is 0.343 e. The lowest BCUT2D eigenvalue weighted by Crippen LogP contribution is -2.08. The van der Waals surface area contributed by atoms with E-state index in [1.807, 2.05) is 31.2 Å². The summed E-state index contributed by atoms with van der Waals surface area (Å²) in [5, 5.41) is 0. The molecule has 0 saturated carbocycles. The summed E-state index contributed by atoms with van der Waals surface area (Å²) in [6, 6.07) is 19.1. The first kappa shape index (κ1) is 18.5. The Kier molecular flexibility index (Phi) is 4.87. The van der Waals surface area contributed by atoms with Crippen molar-refractivity contribution in [3.8, 4) is 17.2 Å². The van der Waals surface area contributed by atoms with Gasteiger partial charge < -0.3 is 14.2 Å². The number of carbonyl (C=O) groups is 2. The van der Waals surface area contributed by atoms with Gasteiger partial charge in [0.15, 0.2) is 5.76 Å². The van der Waals surface area contributed by atoms with Crippen molar-refractivity contribution in [1.82, 2.24) is 0 Å². The highest BCUT2D eigenvalue weighted by molar-refractivity contribution is 6.14. The number of hydrogen-bond donors (Lipinski definition) is 0. The molecule has 144 valence electrons. The molecule has 3 aromatic rings. The number of ketones is 1. The monoisotopic (exact) mass is 386 g/mol. The standard InChI is InChI=1S/C24H18O5/c1-15-6-3-4-7-16(15)13-22-23(25)20-11-10-19(14-21(20)29-22)28-24(26)17-8-5-9-18(12-17)27-2/h3-14H,1-2H3/b22-13-. The van der Waals surface area contributed by atoms with Gasteiger partial charge in [-0.3, -0.25) is 4.79 Å². The molecule has 0 fully saturated rings. The van der Waals surface area contributed by atoms with E-state index < -0.39 is 5.97 Å². The third-order valence-electron chi connectivity index (χ3n) is 4.63. The summed E-state index contributed by atoms with van der Waals surface area (Å²) >= 11 is 0. The van der Waals surface area contributed by atoms with Crippen LogP contribution in [0.1, 0.15) is 31.8 Å². The Morgan fingerprint density at radius 1 is 0.966 bits per heavy atom. The molecule has 0 aromatic heterocycles. The summed E-state index contributed by atoms with van der Waals surface area (Å²) in [7, 11) is 1.53. The second-order valence-corrected chi connectivity index (χ2v) is 6.58. The van der Waals surface area contributed by atoms with Crippen LogP contribution in [0.4, 0.5) is 0 Å². The number of methoxy groups -OCH3 is 1. The van der Waals surface area contributed by atoms with E-state index >= 15 is 0 Å². The molecule has 0 amide bonds. The summed E-state index contributed by atoms with van der Waals surface area (Å²) in [4.78, 5) is 25.0. The van der Waals surface area contributed by atoms with Gasteiger partial charge in [-0.1, -0.05) is 30.3 Å². The summed E-state index contributed by atoms with van der Waals surface area (Å²) in [5.74, 6) is 0.740. The van der Waals surface area contributed by atoms with Crippen LogP contribution in [0.3, 0.4) is 0 Å². The number of rotatable bonds is 4. The maximum absolute atomic E-state index is 12.6. The molecule has 0 atom stereocenters. The first-order valence-electron chi connectivity index (χ1n) is 9.05. The summed E-state index contributed by atoms with van der Waals surface area (Å²) in [5.41, 5.74) is 2.75. The van der Waals surface area contributed by atoms with Crippen molar-refractivity contribution in [1.29, 1.82) is 0 Å². The second-order valence-electron chi connectivity index (χ2n) is 6.58. The molecule has 3 aromatic carbocycles. The van der Waals surface area contributed by atoms with Crippen molar-refractivity contribution in [3.63, 3.8) is 0 Å². The number of benzene rings is 3. The molecule has 0 bridgehead atoms. The normalized spacial score (nSPS) is 13.7. The Hall–Kier alpha value is -3.86. The van der Waals surface area contributed by atoms with Crippen LogP contribution >= 0.6 is 0 Å². The average Bonchev–Trinajstić information content (AvgIpc) is 3.04. The van der Waals surface area contributed by atoms with Crippen LogP contribution in [0.2, 0.25) is 0 Å². The molecule has 0 saturated heterocycles. The lowest BCUT2D eigenvalue weighted by Gasteiger charge is -2.07. The van der Waals surface area contributed by atoms with Crippen LogP contribution in [0.25, 0.3) is 6.08 Å². The van der Waals surface area contributed by atoms with Gasteiger partial charge >= 0.3 is 5.97 Å². The van der Waals surface area contributed by atoms with E-state index in [9.17, 15) is 9.59 Å². The van der Waals surface area contributed by atoms with Gasteiger partial charge in [-0.15, -0.1) is 0 Å². The summed E-state index contributed by atoms with van der Waals surface area (Å²) < 4.78 is 16.3. The van der Waals surface area contributed by atoms with Gasteiger partial charge in [0.25, 0.3) is 0 Å². The van der Waals surface area contributed by atoms with Gasteiger partial charge in [0, 0.05) is 6.07 Å². The van der Waals surface area contributed by atoms with Crippen LogP contribution in [0.15, 0.2) is 72.5 Å². The van der Waals surface area contributed by atoms with Gasteiger partial charge in [0.2, 0.25) is 5.78 Å². The molecule has 0 unspecified atom stereocenters. The Morgan fingerprint density at radius 2 is 1.79 bits per heavy atom. The molecule has 0 N–H and O–H groups in total. The largest absolute Gasteiger partial charge is 0.497 e. The fraction of sp³-hybridized carbons (Fsp3) is 0.0833. The fourth-order valence-electron chi connectivity index (χ4n) is 3.04. The molecule has 0 aliphatic carbocycles. The minimum absolute atomic E-state index is 0.200. The Labute approximate surface area is 168 Å². The second kappa shape index (κ2) is 7.64. The third-order valence-corrected chi connectivity index (χ3v) is 4.63. The van der Waals surface area contributed by atoms with Crippen LogP contribution in [-0.4, -0.2) is 18.9 Å². The topological polar surface area (TPSA) is 61.8 Å². The number of Topliss-reactive ketones (excluding diaryl/α,β-unsaturated/α-hetero) is 1. The predicted molar refractivity (Wildman–Crippen MR) is 109 cm³/mol. The Morgan fingerprint density at radius 3 is 2.59 bits per heavy atom. The highest BCUT2D eigenvalue weighted by atomic mass is 16.5. The number of aryl methyl sites for hydroxylation is 1. The molecule has 29 heavy (non-hydrogen) atoms. The molecular formula is C24H18O5. The van der Waals surface area contributed by atoms with E-state index in [2.05, 4.69) is 0 Å². The van der Waals surface area contributed by atoms with Gasteiger partial charge in [0.05, 0.1) is 18.2 Å². The SMILES string of the molecule is COc1cccc(C(=O)Oc2ccc3c(c2)O/C(=C\c2ccccc2C)C3=O)c1. The van der Waals surface area contributed by atoms with Gasteiger partial charge in [0.1, 0.15) is 17.2 Å². The molecule has 0 spiro atoms. The number of ether oxygens (including phenoxy) is 3. The highest BCUT2D eigenvalue weighted by Crippen LogP contribution is 2.35. The summed E-state index contributed by atoms with van der Waals surface area (Å²) in [6.07, 6.45) is 1.72. The zero-order valence-corrected chi connectivity index (χ0v) is 16.0. The van der Waals surface area contributed by atoms with Crippen LogP contribution in [0, 0.1) is 6.92 Å². The first-order valence-corrected chi connectivity index (χ1v) is 9.05. The minimum Gasteiger partial charge on any atom is -0.497 e. The van der Waals surface area contributed by atoms with E-state index in [1.165, 1.54) is 7.11 Å². The van der Waals surface area contributed by atoms with E-state index in [0.717, 1.165) is 11.1 Å². The fourth-order valence-corrected chi connectivity index (χ4v) is 3.04. The average molecular weight is 386 g/mol. The number of carbonyl (C=O) groups excluding carboxylic acids is 2. The number of allylic oxidation sites excluding steroid dienone is 1. The number of hydrogen-bond acceptors (Lipinski definition) is 5. The molecule has 5 heteroatoms. The molecule has 1 aliphatic heterocycles. The van der Waals surface area contributed by atoms with Crippen molar-refractivity contribution < 1.29 is 23.8 Å². The van der Waals surface area contributed by atoms with Crippen molar-refractivity contribution in [3.05, 3.63) is 94.7 Å². The number of esters is 1. The minimum atomic E-state index is -0.524. The maximum atomic E-state index is 12.6. The van der Waals surface area contributed by atoms with Gasteiger partial charge in [-0.25, -0.2) is 4.79 Å². The van der Waals surface area contributed by atoms with E-state index in [4.69, 9.17) is 14.2 Å². The first-order chi connectivity index (χ1) is 14.0. The predicted octanol–water partition coefficient (Wildman–Crippen LogP) is 4.84. The molecule has 5 nitrogen and oxygen atoms in total. The number of fused-ring (bicyclic) bond motifs is 1. The zero-order valence-electron chi connectivity index (χ0n) is 16.0. The molecule has 0 radical (unpaired) electrons. The lowest BCUT2D eigenvalue weighted by atomic mass is 10.1. The lowest BCUT2D eigenvalue weighted by molar-refractivity contribution is 0.0734. The van der Waals surface area contributed by atoms with E-state index in [1.54, 1.807) is 48.5 Å². The van der Waals surface area contributed by atoms with Crippen LogP contribution in [0.5, 0.6) is 17.2 Å².